The Morgan fingerprint density at radius 1 is 1.09 bits per heavy atom. The monoisotopic (exact) mass is 441 g/mol. The third-order valence-corrected chi connectivity index (χ3v) is 5.75. The van der Waals surface area contributed by atoms with Crippen LogP contribution in [0, 0.1) is 17.5 Å². The third kappa shape index (κ3) is 3.42. The summed E-state index contributed by atoms with van der Waals surface area (Å²) >= 11 is 0. The molecule has 7 nitrogen and oxygen atoms in total. The average molecular weight is 441 g/mol. The number of aromatic nitrogens is 4. The number of aliphatic hydroxyl groups excluding tert-OH is 1. The molecule has 4 aromatic rings. The number of hydrogen-bond donors (Lipinski definition) is 2. The molecule has 0 radical (unpaired) electrons. The van der Waals surface area contributed by atoms with Crippen LogP contribution in [0.4, 0.5) is 19.0 Å². The standard InChI is InChI=1S/C22H18F3N5O2/c23-14-2-1-3-15(24)13(14)11-30-18-6-7-29(22(32)12(18)9-27-30)19-8-21(26-10-16(19)25)28-17-4-5-20(17)31/h1-3,6-10,17,20,31H,4-5,11H2,(H,26,28)/t17-,20?/m0/s1. The maximum Gasteiger partial charge on any atom is 0.266 e. The van der Waals surface area contributed by atoms with Crippen molar-refractivity contribution in [2.45, 2.75) is 31.5 Å². The summed E-state index contributed by atoms with van der Waals surface area (Å²) in [5, 5.41) is 17.0. The van der Waals surface area contributed by atoms with Crippen molar-refractivity contribution in [3.05, 3.63) is 82.3 Å². The van der Waals surface area contributed by atoms with Crippen LogP contribution in [0.25, 0.3) is 16.6 Å². The van der Waals surface area contributed by atoms with Gasteiger partial charge in [0, 0.05) is 17.8 Å². The number of halogens is 3. The van der Waals surface area contributed by atoms with Crippen molar-refractivity contribution >= 4 is 16.7 Å². The lowest BCUT2D eigenvalue weighted by molar-refractivity contribution is 0.0784. The van der Waals surface area contributed by atoms with E-state index in [1.54, 1.807) is 0 Å². The Morgan fingerprint density at radius 3 is 2.56 bits per heavy atom. The molecule has 1 fully saturated rings. The van der Waals surface area contributed by atoms with Gasteiger partial charge in [-0.15, -0.1) is 0 Å². The lowest BCUT2D eigenvalue weighted by Crippen LogP contribution is -2.42. The molecule has 0 saturated heterocycles. The first-order chi connectivity index (χ1) is 15.4. The molecular formula is C22H18F3N5O2. The highest BCUT2D eigenvalue weighted by atomic mass is 19.1. The van der Waals surface area contributed by atoms with Gasteiger partial charge in [0.15, 0.2) is 5.82 Å². The van der Waals surface area contributed by atoms with Crippen LogP contribution in [0.3, 0.4) is 0 Å². The Balaban J connectivity index is 1.52. The van der Waals surface area contributed by atoms with Crippen molar-refractivity contribution in [3.8, 4) is 5.69 Å². The Bertz CT molecular complexity index is 1360. The number of anilines is 1. The van der Waals surface area contributed by atoms with Crippen LogP contribution in [-0.4, -0.2) is 36.6 Å². The fourth-order valence-corrected chi connectivity index (χ4v) is 3.76. The molecule has 0 aliphatic heterocycles. The van der Waals surface area contributed by atoms with E-state index in [0.29, 0.717) is 17.8 Å². The zero-order chi connectivity index (χ0) is 22.4. The van der Waals surface area contributed by atoms with Crippen LogP contribution in [0.15, 0.2) is 53.7 Å². The van der Waals surface area contributed by atoms with Crippen LogP contribution < -0.4 is 10.9 Å². The number of fused-ring (bicyclic) bond motifs is 1. The van der Waals surface area contributed by atoms with Gasteiger partial charge in [-0.2, -0.15) is 5.10 Å². The summed E-state index contributed by atoms with van der Waals surface area (Å²) in [6, 6.07) is 6.33. The van der Waals surface area contributed by atoms with E-state index in [-0.39, 0.29) is 29.2 Å². The molecule has 1 aliphatic carbocycles. The average Bonchev–Trinajstić information content (AvgIpc) is 3.19. The lowest BCUT2D eigenvalue weighted by atomic mass is 9.89. The summed E-state index contributed by atoms with van der Waals surface area (Å²) < 4.78 is 45.0. The van der Waals surface area contributed by atoms with E-state index in [9.17, 15) is 23.1 Å². The van der Waals surface area contributed by atoms with E-state index in [0.717, 1.165) is 29.3 Å². The molecular weight excluding hydrogens is 423 g/mol. The van der Waals surface area contributed by atoms with Crippen molar-refractivity contribution in [2.24, 2.45) is 0 Å². The van der Waals surface area contributed by atoms with Gasteiger partial charge in [-0.1, -0.05) is 6.07 Å². The number of nitrogens with zero attached hydrogens (tertiary/aromatic N) is 4. The molecule has 3 aromatic heterocycles. The molecule has 32 heavy (non-hydrogen) atoms. The predicted octanol–water partition coefficient (Wildman–Crippen LogP) is 2.98. The van der Waals surface area contributed by atoms with Gasteiger partial charge in [0.1, 0.15) is 17.5 Å². The highest BCUT2D eigenvalue weighted by molar-refractivity contribution is 5.78. The summed E-state index contributed by atoms with van der Waals surface area (Å²) in [7, 11) is 0. The number of benzene rings is 1. The highest BCUT2D eigenvalue weighted by Gasteiger charge is 2.29. The van der Waals surface area contributed by atoms with Crippen LogP contribution >= 0.6 is 0 Å². The maximum absolute atomic E-state index is 14.5. The van der Waals surface area contributed by atoms with E-state index in [4.69, 9.17) is 0 Å². The molecule has 0 amide bonds. The molecule has 1 aromatic carbocycles. The van der Waals surface area contributed by atoms with Gasteiger partial charge in [0.25, 0.3) is 5.56 Å². The van der Waals surface area contributed by atoms with Gasteiger partial charge in [0.2, 0.25) is 0 Å². The molecule has 1 aliphatic rings. The number of hydrogen-bond acceptors (Lipinski definition) is 5. The number of nitrogens with one attached hydrogen (secondary N) is 1. The van der Waals surface area contributed by atoms with E-state index in [1.807, 2.05) is 0 Å². The van der Waals surface area contributed by atoms with E-state index < -0.39 is 29.1 Å². The smallest absolute Gasteiger partial charge is 0.266 e. The zero-order valence-corrected chi connectivity index (χ0v) is 16.7. The van der Waals surface area contributed by atoms with Gasteiger partial charge in [-0.05, 0) is 31.0 Å². The molecule has 0 bridgehead atoms. The molecule has 1 saturated carbocycles. The SMILES string of the molecule is O=c1c2cnn(Cc3c(F)cccc3F)c2ccn1-c1cc(N[C@H]2CCC2O)ncc1F. The molecule has 1 unspecified atom stereocenters. The zero-order valence-electron chi connectivity index (χ0n) is 16.7. The normalized spacial score (nSPS) is 18.0. The summed E-state index contributed by atoms with van der Waals surface area (Å²) in [6.45, 7) is -0.202. The molecule has 0 spiro atoms. The number of aliphatic hydroxyl groups is 1. The topological polar surface area (TPSA) is 85.0 Å². The van der Waals surface area contributed by atoms with Crippen LogP contribution in [0.2, 0.25) is 0 Å². The fraction of sp³-hybridized carbons (Fsp3) is 0.227. The van der Waals surface area contributed by atoms with Crippen LogP contribution in [-0.2, 0) is 6.54 Å². The predicted molar refractivity (Wildman–Crippen MR) is 111 cm³/mol. The van der Waals surface area contributed by atoms with Gasteiger partial charge in [0.05, 0.1) is 47.7 Å². The Morgan fingerprint density at radius 2 is 1.88 bits per heavy atom. The minimum absolute atomic E-state index is 0.0175. The molecule has 2 N–H and O–H groups in total. The molecule has 10 heteroatoms. The van der Waals surface area contributed by atoms with Crippen molar-refractivity contribution in [2.75, 3.05) is 5.32 Å². The summed E-state index contributed by atoms with van der Waals surface area (Å²) in [4.78, 5) is 17.0. The highest BCUT2D eigenvalue weighted by Crippen LogP contribution is 2.25. The van der Waals surface area contributed by atoms with Gasteiger partial charge in [-0.25, -0.2) is 18.2 Å². The molecule has 5 rings (SSSR count). The van der Waals surface area contributed by atoms with Crippen molar-refractivity contribution < 1.29 is 18.3 Å². The number of pyridine rings is 2. The quantitative estimate of drug-likeness (QED) is 0.498. The van der Waals surface area contributed by atoms with E-state index in [2.05, 4.69) is 15.4 Å². The first kappa shape index (κ1) is 20.3. The van der Waals surface area contributed by atoms with Crippen molar-refractivity contribution in [3.63, 3.8) is 0 Å². The van der Waals surface area contributed by atoms with Gasteiger partial charge >= 0.3 is 0 Å². The second-order valence-corrected chi connectivity index (χ2v) is 7.71. The first-order valence-electron chi connectivity index (χ1n) is 10.0. The minimum atomic E-state index is -0.711. The van der Waals surface area contributed by atoms with Crippen molar-refractivity contribution in [1.82, 2.24) is 19.3 Å². The van der Waals surface area contributed by atoms with Crippen LogP contribution in [0.1, 0.15) is 18.4 Å². The lowest BCUT2D eigenvalue weighted by Gasteiger charge is -2.33. The second kappa shape index (κ2) is 7.79. The first-order valence-corrected chi connectivity index (χ1v) is 10.0. The Labute approximate surface area is 179 Å². The minimum Gasteiger partial charge on any atom is -0.391 e. The molecule has 3 heterocycles. The van der Waals surface area contributed by atoms with E-state index in [1.165, 1.54) is 35.3 Å². The maximum atomic E-state index is 14.5. The van der Waals surface area contributed by atoms with Gasteiger partial charge in [-0.3, -0.25) is 14.0 Å². The summed E-state index contributed by atoms with van der Waals surface area (Å²) in [5.41, 5.74) is -0.367. The van der Waals surface area contributed by atoms with E-state index >= 15 is 0 Å². The second-order valence-electron chi connectivity index (χ2n) is 7.71. The van der Waals surface area contributed by atoms with Crippen LogP contribution in [0.5, 0.6) is 0 Å². The fourth-order valence-electron chi connectivity index (χ4n) is 3.76. The Kier molecular flexibility index (Phi) is 4.93. The molecule has 2 atom stereocenters. The van der Waals surface area contributed by atoms with Crippen molar-refractivity contribution in [1.29, 1.82) is 0 Å². The largest absolute Gasteiger partial charge is 0.391 e. The molecule has 164 valence electrons. The Hall–Kier alpha value is -3.66. The van der Waals surface area contributed by atoms with Gasteiger partial charge < -0.3 is 10.4 Å². The summed E-state index contributed by atoms with van der Waals surface area (Å²) in [5.74, 6) is -1.79. The summed E-state index contributed by atoms with van der Waals surface area (Å²) in [6.07, 6.45) is 4.63. The number of rotatable bonds is 5. The third-order valence-electron chi connectivity index (χ3n) is 5.75.